The van der Waals surface area contributed by atoms with Crippen molar-refractivity contribution in [1.82, 2.24) is 0 Å². The number of hydrogen-bond acceptors (Lipinski definition) is 3. The zero-order valence-electron chi connectivity index (χ0n) is 7.07. The van der Waals surface area contributed by atoms with Crippen molar-refractivity contribution in [2.24, 2.45) is 5.73 Å². The van der Waals surface area contributed by atoms with Gasteiger partial charge >= 0.3 is 0 Å². The summed E-state index contributed by atoms with van der Waals surface area (Å²) in [4.78, 5) is 0. The largest absolute Gasteiger partial charge is 0.505 e. The van der Waals surface area contributed by atoms with Gasteiger partial charge in [-0.3, -0.25) is 0 Å². The van der Waals surface area contributed by atoms with Crippen LogP contribution in [0.4, 0.5) is 4.39 Å². The van der Waals surface area contributed by atoms with Gasteiger partial charge in [-0.15, -0.1) is 0 Å². The summed E-state index contributed by atoms with van der Waals surface area (Å²) in [6.07, 6.45) is 0.278. The van der Waals surface area contributed by atoms with Crippen molar-refractivity contribution in [1.29, 1.82) is 0 Å². The molecule has 0 aliphatic carbocycles. The highest BCUT2D eigenvalue weighted by atomic mass is 19.1. The SMILES string of the molecule is N[C@H](CCO)c1cccc(O)c1F. The van der Waals surface area contributed by atoms with Crippen LogP contribution in [0.3, 0.4) is 0 Å². The summed E-state index contributed by atoms with van der Waals surface area (Å²) in [5.41, 5.74) is 5.79. The lowest BCUT2D eigenvalue weighted by atomic mass is 10.0. The number of rotatable bonds is 3. The van der Waals surface area contributed by atoms with Crippen LogP contribution in [0.2, 0.25) is 0 Å². The number of aliphatic hydroxyl groups is 1. The van der Waals surface area contributed by atoms with Gasteiger partial charge in [0, 0.05) is 18.2 Å². The van der Waals surface area contributed by atoms with Crippen LogP contribution in [0.1, 0.15) is 18.0 Å². The molecule has 1 atom stereocenters. The summed E-state index contributed by atoms with van der Waals surface area (Å²) in [7, 11) is 0. The number of hydrogen-bond donors (Lipinski definition) is 3. The lowest BCUT2D eigenvalue weighted by Crippen LogP contribution is -2.13. The van der Waals surface area contributed by atoms with Gasteiger partial charge in [0.15, 0.2) is 11.6 Å². The van der Waals surface area contributed by atoms with Crippen molar-refractivity contribution in [2.45, 2.75) is 12.5 Å². The molecule has 1 rings (SSSR count). The maximum Gasteiger partial charge on any atom is 0.169 e. The van der Waals surface area contributed by atoms with E-state index in [2.05, 4.69) is 0 Å². The van der Waals surface area contributed by atoms with E-state index in [0.717, 1.165) is 0 Å². The number of benzene rings is 1. The molecule has 0 heterocycles. The van der Waals surface area contributed by atoms with Gasteiger partial charge in [0.25, 0.3) is 0 Å². The van der Waals surface area contributed by atoms with Crippen molar-refractivity contribution in [3.8, 4) is 5.75 Å². The van der Waals surface area contributed by atoms with E-state index in [9.17, 15) is 4.39 Å². The molecule has 0 fully saturated rings. The minimum atomic E-state index is -0.705. The fourth-order valence-electron chi connectivity index (χ4n) is 1.12. The van der Waals surface area contributed by atoms with Gasteiger partial charge in [-0.25, -0.2) is 4.39 Å². The van der Waals surface area contributed by atoms with E-state index >= 15 is 0 Å². The Bertz CT molecular complexity index is 291. The van der Waals surface area contributed by atoms with Gasteiger partial charge < -0.3 is 15.9 Å². The molecule has 0 aliphatic heterocycles. The predicted octanol–water partition coefficient (Wildman–Crippen LogP) is 0.913. The molecule has 4 heteroatoms. The van der Waals surface area contributed by atoms with Gasteiger partial charge in [0.05, 0.1) is 0 Å². The maximum absolute atomic E-state index is 13.2. The zero-order valence-corrected chi connectivity index (χ0v) is 7.07. The second kappa shape index (κ2) is 4.20. The number of halogens is 1. The molecule has 0 saturated carbocycles. The van der Waals surface area contributed by atoms with Crippen LogP contribution in [0.25, 0.3) is 0 Å². The monoisotopic (exact) mass is 185 g/mol. The Kier molecular flexibility index (Phi) is 3.22. The lowest BCUT2D eigenvalue weighted by molar-refractivity contribution is 0.275. The fraction of sp³-hybridized carbons (Fsp3) is 0.333. The third kappa shape index (κ3) is 2.17. The number of aliphatic hydroxyl groups excluding tert-OH is 1. The third-order valence-corrected chi connectivity index (χ3v) is 1.85. The predicted molar refractivity (Wildman–Crippen MR) is 46.7 cm³/mol. The fourth-order valence-corrected chi connectivity index (χ4v) is 1.12. The third-order valence-electron chi connectivity index (χ3n) is 1.85. The number of phenols is 1. The molecule has 0 amide bonds. The lowest BCUT2D eigenvalue weighted by Gasteiger charge is -2.11. The Morgan fingerprint density at radius 1 is 1.46 bits per heavy atom. The molecule has 0 saturated heterocycles. The van der Waals surface area contributed by atoms with Crippen LogP contribution in [0.15, 0.2) is 18.2 Å². The molecule has 3 nitrogen and oxygen atoms in total. The zero-order chi connectivity index (χ0) is 9.84. The molecule has 4 N–H and O–H groups in total. The molecule has 0 unspecified atom stereocenters. The highest BCUT2D eigenvalue weighted by molar-refractivity contribution is 5.31. The summed E-state index contributed by atoms with van der Waals surface area (Å²) < 4.78 is 13.2. The van der Waals surface area contributed by atoms with Crippen LogP contribution in [-0.2, 0) is 0 Å². The Balaban J connectivity index is 2.93. The first-order valence-corrected chi connectivity index (χ1v) is 4.00. The molecular weight excluding hydrogens is 173 g/mol. The second-order valence-corrected chi connectivity index (χ2v) is 2.80. The van der Waals surface area contributed by atoms with Crippen molar-refractivity contribution in [3.63, 3.8) is 0 Å². The molecule has 0 radical (unpaired) electrons. The van der Waals surface area contributed by atoms with Crippen molar-refractivity contribution in [3.05, 3.63) is 29.6 Å². The van der Waals surface area contributed by atoms with Crippen molar-refractivity contribution < 1.29 is 14.6 Å². The standard InChI is InChI=1S/C9H12FNO2/c10-9-6(7(11)4-5-12)2-1-3-8(9)13/h1-3,7,12-13H,4-5,11H2/t7-/m1/s1. The van der Waals surface area contributed by atoms with E-state index in [1.54, 1.807) is 0 Å². The molecule has 1 aromatic carbocycles. The van der Waals surface area contributed by atoms with E-state index < -0.39 is 17.6 Å². The molecule has 72 valence electrons. The summed E-state index contributed by atoms with van der Waals surface area (Å²) in [6.45, 7) is -0.101. The molecule has 0 bridgehead atoms. The van der Waals surface area contributed by atoms with Crippen LogP contribution >= 0.6 is 0 Å². The molecule has 0 aromatic heterocycles. The Morgan fingerprint density at radius 2 is 2.15 bits per heavy atom. The summed E-state index contributed by atoms with van der Waals surface area (Å²) >= 11 is 0. The molecular formula is C9H12FNO2. The van der Waals surface area contributed by atoms with E-state index in [-0.39, 0.29) is 18.6 Å². The van der Waals surface area contributed by atoms with Crippen LogP contribution in [0, 0.1) is 5.82 Å². The topological polar surface area (TPSA) is 66.5 Å². The molecule has 0 aliphatic rings. The van der Waals surface area contributed by atoms with Gasteiger partial charge in [0.1, 0.15) is 0 Å². The first-order chi connectivity index (χ1) is 6.16. The van der Waals surface area contributed by atoms with Crippen LogP contribution in [-0.4, -0.2) is 16.8 Å². The van der Waals surface area contributed by atoms with Gasteiger partial charge in [-0.2, -0.15) is 0 Å². The van der Waals surface area contributed by atoms with Crippen molar-refractivity contribution >= 4 is 0 Å². The summed E-state index contributed by atoms with van der Waals surface area (Å²) in [5, 5.41) is 17.6. The minimum absolute atomic E-state index is 0.101. The quantitative estimate of drug-likeness (QED) is 0.655. The van der Waals surface area contributed by atoms with Crippen molar-refractivity contribution in [2.75, 3.05) is 6.61 Å². The normalized spacial score (nSPS) is 12.8. The average molecular weight is 185 g/mol. The summed E-state index contributed by atoms with van der Waals surface area (Å²) in [5.74, 6) is -1.12. The van der Waals surface area contributed by atoms with E-state index in [1.165, 1.54) is 18.2 Å². The Labute approximate surface area is 75.6 Å². The molecule has 0 spiro atoms. The summed E-state index contributed by atoms with van der Waals surface area (Å²) in [6, 6.07) is 3.70. The number of nitrogens with two attached hydrogens (primary N) is 1. The van der Waals surface area contributed by atoms with Crippen LogP contribution < -0.4 is 5.73 Å². The molecule has 13 heavy (non-hydrogen) atoms. The highest BCUT2D eigenvalue weighted by Gasteiger charge is 2.13. The first kappa shape index (κ1) is 9.95. The maximum atomic E-state index is 13.2. The molecule has 1 aromatic rings. The number of phenolic OH excluding ortho intramolecular Hbond substituents is 1. The van der Waals surface area contributed by atoms with E-state index in [0.29, 0.717) is 0 Å². The van der Waals surface area contributed by atoms with E-state index in [4.69, 9.17) is 15.9 Å². The second-order valence-electron chi connectivity index (χ2n) is 2.80. The van der Waals surface area contributed by atoms with Gasteiger partial charge in [-0.05, 0) is 12.5 Å². The highest BCUT2D eigenvalue weighted by Crippen LogP contribution is 2.24. The number of aromatic hydroxyl groups is 1. The van der Waals surface area contributed by atoms with Gasteiger partial charge in [-0.1, -0.05) is 12.1 Å². The first-order valence-electron chi connectivity index (χ1n) is 4.00. The average Bonchev–Trinajstić information content (AvgIpc) is 2.10. The Hall–Kier alpha value is -1.13. The smallest absolute Gasteiger partial charge is 0.169 e. The Morgan fingerprint density at radius 3 is 2.77 bits per heavy atom. The van der Waals surface area contributed by atoms with Gasteiger partial charge in [0.2, 0.25) is 0 Å². The minimum Gasteiger partial charge on any atom is -0.505 e. The van der Waals surface area contributed by atoms with Crippen LogP contribution in [0.5, 0.6) is 5.75 Å². The van der Waals surface area contributed by atoms with E-state index in [1.807, 2.05) is 0 Å².